The zero-order valence-corrected chi connectivity index (χ0v) is 14.2. The summed E-state index contributed by atoms with van der Waals surface area (Å²) in [4.78, 5) is 27.4. The molecular formula is C15H16N2O3S2. The molecule has 1 aliphatic heterocycles. The molecule has 7 heteroatoms. The lowest BCUT2D eigenvalue weighted by Crippen LogP contribution is -2.33. The fourth-order valence-electron chi connectivity index (χ4n) is 1.85. The average Bonchev–Trinajstić information content (AvgIpc) is 2.75. The van der Waals surface area contributed by atoms with Crippen molar-refractivity contribution < 1.29 is 14.3 Å². The maximum atomic E-state index is 12.3. The molecule has 1 aromatic carbocycles. The number of benzene rings is 1. The summed E-state index contributed by atoms with van der Waals surface area (Å²) in [6.07, 6.45) is 1.77. The molecule has 0 radical (unpaired) electrons. The van der Waals surface area contributed by atoms with Crippen LogP contribution in [0.3, 0.4) is 0 Å². The summed E-state index contributed by atoms with van der Waals surface area (Å²) in [5.41, 5.74) is 1.99. The van der Waals surface area contributed by atoms with E-state index in [-0.39, 0.29) is 12.5 Å². The molecule has 0 atom stereocenters. The highest BCUT2D eigenvalue weighted by atomic mass is 32.2. The number of rotatable bonds is 4. The normalized spacial score (nSPS) is 16.3. The van der Waals surface area contributed by atoms with E-state index in [1.165, 1.54) is 23.8 Å². The van der Waals surface area contributed by atoms with E-state index in [2.05, 4.69) is 4.74 Å². The standard InChI is InChI=1S/C15H16N2O3S2/c1-16(2)11-6-4-10(5-7-11)8-12-14(19)17(15(21)22-12)9-13(18)20-3/h4-8H,9H2,1-3H3. The first-order chi connectivity index (χ1) is 10.4. The van der Waals surface area contributed by atoms with E-state index in [1.54, 1.807) is 6.08 Å². The van der Waals surface area contributed by atoms with E-state index in [0.717, 1.165) is 11.3 Å². The van der Waals surface area contributed by atoms with Crippen LogP contribution in [0.5, 0.6) is 0 Å². The Hall–Kier alpha value is -1.86. The third-order valence-corrected chi connectivity index (χ3v) is 4.47. The Morgan fingerprint density at radius 3 is 2.55 bits per heavy atom. The summed E-state index contributed by atoms with van der Waals surface area (Å²) in [5, 5.41) is 0. The van der Waals surface area contributed by atoms with Gasteiger partial charge in [0.25, 0.3) is 5.91 Å². The Labute approximate surface area is 138 Å². The summed E-state index contributed by atoms with van der Waals surface area (Å²) in [7, 11) is 5.21. The molecule has 0 bridgehead atoms. The van der Waals surface area contributed by atoms with Crippen molar-refractivity contribution in [3.8, 4) is 0 Å². The van der Waals surface area contributed by atoms with Gasteiger partial charge in [-0.1, -0.05) is 36.1 Å². The third kappa shape index (κ3) is 3.66. The number of thiocarbonyl (C=S) groups is 1. The summed E-state index contributed by atoms with van der Waals surface area (Å²) in [6.45, 7) is -0.155. The molecule has 0 N–H and O–H groups in total. The molecule has 1 amide bonds. The van der Waals surface area contributed by atoms with Crippen LogP contribution in [0.4, 0.5) is 5.69 Å². The molecule has 1 saturated heterocycles. The summed E-state index contributed by atoms with van der Waals surface area (Å²) >= 11 is 6.34. The van der Waals surface area contributed by atoms with Gasteiger partial charge in [0.1, 0.15) is 10.9 Å². The molecule has 0 aliphatic carbocycles. The predicted molar refractivity (Wildman–Crippen MR) is 92.7 cm³/mol. The van der Waals surface area contributed by atoms with Gasteiger partial charge in [-0.05, 0) is 23.8 Å². The molecule has 1 aromatic rings. The molecule has 116 valence electrons. The fourth-order valence-corrected chi connectivity index (χ4v) is 3.11. The number of carbonyl (C=O) groups excluding carboxylic acids is 2. The number of nitrogens with zero attached hydrogens (tertiary/aromatic N) is 2. The number of hydrogen-bond acceptors (Lipinski definition) is 6. The summed E-state index contributed by atoms with van der Waals surface area (Å²) in [5.74, 6) is -0.759. The first kappa shape index (κ1) is 16.5. The van der Waals surface area contributed by atoms with Gasteiger partial charge in [-0.2, -0.15) is 0 Å². The lowest BCUT2D eigenvalue weighted by Gasteiger charge is -2.12. The molecule has 0 spiro atoms. The minimum Gasteiger partial charge on any atom is -0.468 e. The second-order valence-electron chi connectivity index (χ2n) is 4.83. The zero-order chi connectivity index (χ0) is 16.3. The Morgan fingerprint density at radius 1 is 1.36 bits per heavy atom. The zero-order valence-electron chi connectivity index (χ0n) is 12.5. The molecule has 22 heavy (non-hydrogen) atoms. The molecule has 1 aliphatic rings. The Bertz CT molecular complexity index is 639. The number of hydrogen-bond donors (Lipinski definition) is 0. The lowest BCUT2D eigenvalue weighted by molar-refractivity contribution is -0.143. The predicted octanol–water partition coefficient (Wildman–Crippen LogP) is 2.13. The maximum Gasteiger partial charge on any atom is 0.325 e. The molecule has 0 unspecified atom stereocenters. The summed E-state index contributed by atoms with van der Waals surface area (Å²) in [6, 6.07) is 7.81. The summed E-state index contributed by atoms with van der Waals surface area (Å²) < 4.78 is 4.94. The van der Waals surface area contributed by atoms with Crippen molar-refractivity contribution in [1.82, 2.24) is 4.90 Å². The van der Waals surface area contributed by atoms with Gasteiger partial charge in [-0.15, -0.1) is 0 Å². The number of thioether (sulfide) groups is 1. The fraction of sp³-hybridized carbons (Fsp3) is 0.267. The first-order valence-corrected chi connectivity index (χ1v) is 7.74. The van der Waals surface area contributed by atoms with Crippen LogP contribution < -0.4 is 4.90 Å². The number of methoxy groups -OCH3 is 1. The van der Waals surface area contributed by atoms with E-state index in [4.69, 9.17) is 12.2 Å². The number of ether oxygens (including phenoxy) is 1. The van der Waals surface area contributed by atoms with Crippen LogP contribution in [-0.2, 0) is 14.3 Å². The van der Waals surface area contributed by atoms with Crippen molar-refractivity contribution in [2.75, 3.05) is 32.6 Å². The third-order valence-electron chi connectivity index (χ3n) is 3.10. The first-order valence-electron chi connectivity index (χ1n) is 6.52. The molecular weight excluding hydrogens is 320 g/mol. The smallest absolute Gasteiger partial charge is 0.325 e. The highest BCUT2D eigenvalue weighted by Crippen LogP contribution is 2.32. The number of esters is 1. The van der Waals surface area contributed by atoms with Crippen molar-refractivity contribution in [2.45, 2.75) is 0 Å². The van der Waals surface area contributed by atoms with E-state index in [0.29, 0.717) is 9.23 Å². The van der Waals surface area contributed by atoms with Gasteiger partial charge in [0.05, 0.1) is 12.0 Å². The van der Waals surface area contributed by atoms with Crippen LogP contribution in [0.2, 0.25) is 0 Å². The van der Waals surface area contributed by atoms with Gasteiger partial charge in [0, 0.05) is 19.8 Å². The second kappa shape index (κ2) is 6.93. The van der Waals surface area contributed by atoms with Gasteiger partial charge in [-0.25, -0.2) is 0 Å². The molecule has 2 rings (SSSR count). The lowest BCUT2D eigenvalue weighted by atomic mass is 10.2. The molecule has 0 aromatic heterocycles. The van der Waals surface area contributed by atoms with Gasteiger partial charge in [0.2, 0.25) is 0 Å². The number of anilines is 1. The second-order valence-corrected chi connectivity index (χ2v) is 6.51. The van der Waals surface area contributed by atoms with Gasteiger partial charge in [-0.3, -0.25) is 14.5 Å². The molecule has 0 saturated carbocycles. The maximum absolute atomic E-state index is 12.3. The molecule has 5 nitrogen and oxygen atoms in total. The van der Waals surface area contributed by atoms with Crippen LogP contribution in [0, 0.1) is 0 Å². The number of amides is 1. The van der Waals surface area contributed by atoms with Crippen LogP contribution in [0.15, 0.2) is 29.2 Å². The van der Waals surface area contributed by atoms with Crippen LogP contribution in [-0.4, -0.2) is 48.8 Å². The Balaban J connectivity index is 2.17. The van der Waals surface area contributed by atoms with E-state index >= 15 is 0 Å². The monoisotopic (exact) mass is 336 g/mol. The number of carbonyl (C=O) groups is 2. The van der Waals surface area contributed by atoms with E-state index < -0.39 is 5.97 Å². The topological polar surface area (TPSA) is 49.9 Å². The Morgan fingerprint density at radius 2 is 2.00 bits per heavy atom. The average molecular weight is 336 g/mol. The Kier molecular flexibility index (Phi) is 5.20. The van der Waals surface area contributed by atoms with E-state index in [9.17, 15) is 9.59 Å². The van der Waals surface area contributed by atoms with Crippen molar-refractivity contribution in [1.29, 1.82) is 0 Å². The van der Waals surface area contributed by atoms with Crippen LogP contribution in [0.1, 0.15) is 5.56 Å². The minimum absolute atomic E-state index is 0.155. The molecule has 1 fully saturated rings. The molecule has 1 heterocycles. The van der Waals surface area contributed by atoms with Crippen LogP contribution >= 0.6 is 24.0 Å². The van der Waals surface area contributed by atoms with Gasteiger partial charge in [0.15, 0.2) is 0 Å². The highest BCUT2D eigenvalue weighted by molar-refractivity contribution is 8.26. The minimum atomic E-state index is -0.493. The van der Waals surface area contributed by atoms with Crippen LogP contribution in [0.25, 0.3) is 6.08 Å². The van der Waals surface area contributed by atoms with Crippen molar-refractivity contribution >= 4 is 51.9 Å². The van der Waals surface area contributed by atoms with Gasteiger partial charge >= 0.3 is 5.97 Å². The van der Waals surface area contributed by atoms with Gasteiger partial charge < -0.3 is 9.64 Å². The van der Waals surface area contributed by atoms with Crippen molar-refractivity contribution in [3.05, 3.63) is 34.7 Å². The quantitative estimate of drug-likeness (QED) is 0.477. The highest BCUT2D eigenvalue weighted by Gasteiger charge is 2.33. The largest absolute Gasteiger partial charge is 0.468 e. The van der Waals surface area contributed by atoms with Crippen molar-refractivity contribution in [2.24, 2.45) is 0 Å². The SMILES string of the molecule is COC(=O)CN1C(=O)C(=Cc2ccc(N(C)C)cc2)SC1=S. The van der Waals surface area contributed by atoms with E-state index in [1.807, 2.05) is 43.3 Å². The van der Waals surface area contributed by atoms with Crippen molar-refractivity contribution in [3.63, 3.8) is 0 Å².